The van der Waals surface area contributed by atoms with Crippen LogP contribution in [0.1, 0.15) is 57.7 Å². The van der Waals surface area contributed by atoms with Gasteiger partial charge in [-0.25, -0.2) is 13.6 Å². The van der Waals surface area contributed by atoms with Gasteiger partial charge in [0.05, 0.1) is 26.4 Å². The van der Waals surface area contributed by atoms with Crippen molar-refractivity contribution in [1.29, 1.82) is 0 Å². The van der Waals surface area contributed by atoms with Crippen LogP contribution in [0.15, 0.2) is 78.3 Å². The number of likely N-dealkylation sites (tertiary alicyclic amines) is 1. The SMILES string of the molecule is CC[C@]12C=CCN3CC[C@@]4(C5=CC([C@@]6(C(=O)OC)C[C@H]7CC(C(C)(F)F)CN(Cc8c6[nH]c6ccc(-c9ccncc9)cc86)C7)C(OC)C=C5N(C)[C@H]4[C@@](O)(C(=O)OC)[C@@H]1OC(C)=O)[C@@H]32. The van der Waals surface area contributed by atoms with Crippen LogP contribution in [0.2, 0.25) is 0 Å². The van der Waals surface area contributed by atoms with Crippen molar-refractivity contribution in [2.24, 2.45) is 28.6 Å². The van der Waals surface area contributed by atoms with Crippen LogP contribution in [-0.2, 0) is 45.3 Å². The van der Waals surface area contributed by atoms with Crippen LogP contribution in [0.4, 0.5) is 8.78 Å². The van der Waals surface area contributed by atoms with Gasteiger partial charge in [-0.3, -0.25) is 24.4 Å². The summed E-state index contributed by atoms with van der Waals surface area (Å²) in [5.41, 5.74) is -0.0802. The Kier molecular flexibility index (Phi) is 10.3. The topological polar surface area (TPSA) is 147 Å². The Morgan fingerprint density at radius 1 is 1.02 bits per heavy atom. The van der Waals surface area contributed by atoms with Crippen LogP contribution in [-0.4, -0.2) is 138 Å². The van der Waals surface area contributed by atoms with E-state index in [0.29, 0.717) is 44.7 Å². The predicted molar refractivity (Wildman–Crippen MR) is 236 cm³/mol. The van der Waals surface area contributed by atoms with E-state index in [0.717, 1.165) is 45.8 Å². The maximum absolute atomic E-state index is 15.6. The minimum atomic E-state index is -2.96. The Hall–Kier alpha value is -4.96. The lowest BCUT2D eigenvalue weighted by atomic mass is 9.47. The van der Waals surface area contributed by atoms with Gasteiger partial charge in [0.2, 0.25) is 11.5 Å². The van der Waals surface area contributed by atoms with Gasteiger partial charge in [-0.15, -0.1) is 0 Å². The molecule has 4 fully saturated rings. The third kappa shape index (κ3) is 5.99. The predicted octanol–water partition coefficient (Wildman–Crippen LogP) is 5.78. The van der Waals surface area contributed by atoms with Crippen LogP contribution in [0.25, 0.3) is 22.0 Å². The first kappa shape index (κ1) is 43.9. The van der Waals surface area contributed by atoms with Crippen molar-refractivity contribution in [3.05, 3.63) is 89.6 Å². The van der Waals surface area contributed by atoms with Gasteiger partial charge in [-0.05, 0) is 97.7 Å². The molecule has 5 aliphatic heterocycles. The van der Waals surface area contributed by atoms with Gasteiger partial charge in [0.25, 0.3) is 0 Å². The third-order valence-corrected chi connectivity index (χ3v) is 16.8. The number of ether oxygens (including phenoxy) is 4. The first-order chi connectivity index (χ1) is 31.0. The molecule has 13 nitrogen and oxygen atoms in total. The normalized spacial score (nSPS) is 37.2. The molecule has 3 saturated heterocycles. The number of allylic oxidation sites excluding steroid dienone is 1. The number of hydrogen-bond donors (Lipinski definition) is 2. The number of halogens is 2. The summed E-state index contributed by atoms with van der Waals surface area (Å²) in [4.78, 5) is 57.4. The number of likely N-dealkylation sites (N-methyl/N-ethyl adjacent to an activating group) is 1. The largest absolute Gasteiger partial charge is 0.468 e. The Labute approximate surface area is 377 Å². The van der Waals surface area contributed by atoms with E-state index in [1.807, 2.05) is 61.4 Å². The number of methoxy groups -OCH3 is 3. The maximum Gasteiger partial charge on any atom is 0.344 e. The highest BCUT2D eigenvalue weighted by molar-refractivity contribution is 5.94. The van der Waals surface area contributed by atoms with Crippen molar-refractivity contribution in [3.63, 3.8) is 0 Å². The number of esters is 3. The molecule has 2 aromatic heterocycles. The molecule has 15 heteroatoms. The zero-order valence-corrected chi connectivity index (χ0v) is 38.1. The van der Waals surface area contributed by atoms with Crippen LogP contribution in [0, 0.1) is 28.6 Å². The van der Waals surface area contributed by atoms with Crippen LogP contribution >= 0.6 is 0 Å². The minimum Gasteiger partial charge on any atom is -0.468 e. The molecule has 2 bridgehead atoms. The highest BCUT2D eigenvalue weighted by atomic mass is 19.3. The number of aliphatic hydroxyl groups is 1. The number of alkyl halides is 2. The van der Waals surface area contributed by atoms with Gasteiger partial charge in [-0.1, -0.05) is 31.2 Å². The van der Waals surface area contributed by atoms with E-state index in [-0.39, 0.29) is 31.3 Å². The van der Waals surface area contributed by atoms with Gasteiger partial charge < -0.3 is 33.9 Å². The summed E-state index contributed by atoms with van der Waals surface area (Å²) in [7, 11) is 6.05. The molecule has 65 heavy (non-hydrogen) atoms. The Bertz CT molecular complexity index is 2540. The monoisotopic (exact) mass is 895 g/mol. The van der Waals surface area contributed by atoms with E-state index in [1.165, 1.54) is 21.1 Å². The highest BCUT2D eigenvalue weighted by Crippen LogP contribution is 2.70. The van der Waals surface area contributed by atoms with E-state index < -0.39 is 75.8 Å². The zero-order valence-electron chi connectivity index (χ0n) is 38.1. The molecule has 12 atom stereocenters. The van der Waals surface area contributed by atoms with E-state index in [1.54, 1.807) is 19.5 Å². The lowest BCUT2D eigenvalue weighted by Gasteiger charge is -2.63. The molecule has 2 N–H and O–H groups in total. The smallest absolute Gasteiger partial charge is 0.344 e. The van der Waals surface area contributed by atoms with Gasteiger partial charge in [0.15, 0.2) is 6.10 Å². The van der Waals surface area contributed by atoms with E-state index >= 15 is 13.6 Å². The lowest BCUT2D eigenvalue weighted by molar-refractivity contribution is -0.243. The van der Waals surface area contributed by atoms with Gasteiger partial charge in [0, 0.05) is 111 Å². The van der Waals surface area contributed by atoms with Crippen LogP contribution < -0.4 is 0 Å². The van der Waals surface area contributed by atoms with Crippen molar-refractivity contribution >= 4 is 28.8 Å². The summed E-state index contributed by atoms with van der Waals surface area (Å²) < 4.78 is 55.2. The maximum atomic E-state index is 15.6. The number of carbonyl (C=O) groups is 3. The van der Waals surface area contributed by atoms with Crippen molar-refractivity contribution in [1.82, 2.24) is 24.7 Å². The Morgan fingerprint density at radius 2 is 1.77 bits per heavy atom. The number of benzene rings is 1. The molecule has 1 spiro atoms. The molecule has 7 aliphatic rings. The summed E-state index contributed by atoms with van der Waals surface area (Å²) in [6.07, 6.45) is 10.9. The first-order valence-corrected chi connectivity index (χ1v) is 22.9. The van der Waals surface area contributed by atoms with Crippen molar-refractivity contribution in [3.8, 4) is 11.1 Å². The Morgan fingerprint density at radius 3 is 2.45 bits per heavy atom. The molecule has 0 radical (unpaired) electrons. The summed E-state index contributed by atoms with van der Waals surface area (Å²) in [6.45, 7) is 6.53. The number of piperidine rings is 1. The second kappa shape index (κ2) is 15.3. The minimum absolute atomic E-state index is 0.182. The number of H-pyrrole nitrogens is 1. The first-order valence-electron chi connectivity index (χ1n) is 22.9. The molecular weight excluding hydrogens is 837 g/mol. The standard InChI is InChI=1S/C50H59F2N5O8/c1-8-47-14-9-18-57-19-15-48(41(47)57)35-22-36(39(62-5)23-38(35)55(4)42(48)50(61,45(60)64-7)43(47)65-28(2)58)49(44(59)63-6)24-29-20-32(46(3,51)52)26-56(25-29)27-34-33-21-31(30-12-16-53-17-13-30)10-11-37(33)54-40(34)49/h9-14,16-17,21-23,29,32,36,39,41-43,54,61H,8,15,18-20,24-27H2,1-7H3/t29-,32?,36?,39?,41+,42-,43-,47-,48-,49+,50+/m1/s1. The number of hydrogen-bond acceptors (Lipinski definition) is 12. The fourth-order valence-corrected chi connectivity index (χ4v) is 14.4. The Balaban J connectivity index is 1.24. The number of carbonyl (C=O) groups excluding carboxylic acids is 3. The van der Waals surface area contributed by atoms with Crippen molar-refractivity contribution in [2.75, 3.05) is 54.6 Å². The second-order valence-corrected chi connectivity index (χ2v) is 19.8. The molecule has 7 heterocycles. The molecule has 4 unspecified atom stereocenters. The quantitative estimate of drug-likeness (QED) is 0.161. The number of aromatic nitrogens is 2. The van der Waals surface area contributed by atoms with E-state index in [2.05, 4.69) is 31.9 Å². The molecule has 346 valence electrons. The fraction of sp³-hybridized carbons (Fsp3) is 0.560. The van der Waals surface area contributed by atoms with Crippen molar-refractivity contribution < 1.29 is 47.2 Å². The van der Waals surface area contributed by atoms with Crippen LogP contribution in [0.5, 0.6) is 0 Å². The molecular formula is C50H59F2N5O8. The molecule has 2 aliphatic carbocycles. The van der Waals surface area contributed by atoms with Crippen molar-refractivity contribution in [2.45, 2.75) is 94.2 Å². The average molecular weight is 896 g/mol. The summed E-state index contributed by atoms with van der Waals surface area (Å²) in [5, 5.41) is 14.3. The third-order valence-electron chi connectivity index (χ3n) is 16.8. The lowest BCUT2D eigenvalue weighted by Crippen LogP contribution is -2.79. The fourth-order valence-electron chi connectivity index (χ4n) is 14.4. The molecule has 10 rings (SSSR count). The summed E-state index contributed by atoms with van der Waals surface area (Å²) >= 11 is 0. The number of nitrogens with one attached hydrogen (secondary N) is 1. The molecule has 0 amide bonds. The summed E-state index contributed by atoms with van der Waals surface area (Å²) in [6, 6.07) is 8.68. The number of rotatable bonds is 8. The number of pyridine rings is 1. The van der Waals surface area contributed by atoms with E-state index in [9.17, 15) is 14.7 Å². The molecule has 3 aromatic rings. The van der Waals surface area contributed by atoms with Gasteiger partial charge >= 0.3 is 17.9 Å². The highest BCUT2D eigenvalue weighted by Gasteiger charge is 2.81. The number of fused-ring (bicyclic) bond motifs is 6. The summed E-state index contributed by atoms with van der Waals surface area (Å²) in [5.74, 6) is -7.04. The zero-order chi connectivity index (χ0) is 46.0. The van der Waals surface area contributed by atoms with Gasteiger partial charge in [-0.2, -0.15) is 0 Å². The van der Waals surface area contributed by atoms with E-state index in [4.69, 9.17) is 18.9 Å². The number of nitrogens with zero attached hydrogens (tertiary/aromatic N) is 4. The average Bonchev–Trinajstić information content (AvgIpc) is 3.94. The van der Waals surface area contributed by atoms with Gasteiger partial charge in [0.1, 0.15) is 5.41 Å². The number of aromatic amines is 1. The molecule has 1 saturated carbocycles. The molecule has 1 aromatic carbocycles. The second-order valence-electron chi connectivity index (χ2n) is 19.8. The van der Waals surface area contributed by atoms with Crippen LogP contribution in [0.3, 0.4) is 0 Å².